The number of hydrogen-bond acceptors (Lipinski definition) is 4. The molecule has 0 saturated heterocycles. The van der Waals surface area contributed by atoms with Crippen molar-refractivity contribution < 1.29 is 9.13 Å². The van der Waals surface area contributed by atoms with Crippen LogP contribution in [-0.2, 0) is 6.54 Å². The van der Waals surface area contributed by atoms with Gasteiger partial charge in [-0.25, -0.2) is 9.37 Å². The van der Waals surface area contributed by atoms with E-state index in [2.05, 4.69) is 29.2 Å². The zero-order valence-corrected chi connectivity index (χ0v) is 14.7. The molecule has 5 rings (SSSR count). The minimum Gasteiger partial charge on any atom is -0.473 e. The third-order valence-electron chi connectivity index (χ3n) is 4.63. The molecule has 4 aromatic rings. The minimum atomic E-state index is -0.239. The average Bonchev–Trinajstić information content (AvgIpc) is 3.18. The molecule has 0 aliphatic carbocycles. The molecule has 0 spiro atoms. The summed E-state index contributed by atoms with van der Waals surface area (Å²) in [7, 11) is 0. The fraction of sp³-hybridized carbons (Fsp3) is 0.0952. The molecule has 128 valence electrons. The molecule has 3 nitrogen and oxygen atoms in total. The molecule has 3 aromatic carbocycles. The molecule has 0 saturated carbocycles. The predicted molar refractivity (Wildman–Crippen MR) is 103 cm³/mol. The Morgan fingerprint density at radius 1 is 1.00 bits per heavy atom. The van der Waals surface area contributed by atoms with Gasteiger partial charge < -0.3 is 9.64 Å². The lowest BCUT2D eigenvalue weighted by Gasteiger charge is -2.29. The molecule has 1 aliphatic rings. The van der Waals surface area contributed by atoms with Gasteiger partial charge in [-0.3, -0.25) is 0 Å². The number of hydrogen-bond donors (Lipinski definition) is 0. The lowest BCUT2D eigenvalue weighted by molar-refractivity contribution is 0.290. The third kappa shape index (κ3) is 2.61. The van der Waals surface area contributed by atoms with E-state index < -0.39 is 0 Å². The Morgan fingerprint density at radius 2 is 1.85 bits per heavy atom. The Bertz CT molecular complexity index is 1090. The van der Waals surface area contributed by atoms with Gasteiger partial charge in [0.15, 0.2) is 11.9 Å². The number of aromatic nitrogens is 1. The van der Waals surface area contributed by atoms with Crippen molar-refractivity contribution >= 4 is 27.2 Å². The molecule has 5 heteroatoms. The van der Waals surface area contributed by atoms with Crippen LogP contribution >= 0.6 is 11.3 Å². The van der Waals surface area contributed by atoms with E-state index in [0.29, 0.717) is 6.73 Å². The van der Waals surface area contributed by atoms with Crippen LogP contribution < -0.4 is 9.64 Å². The zero-order valence-electron chi connectivity index (χ0n) is 13.9. The van der Waals surface area contributed by atoms with Gasteiger partial charge in [-0.05, 0) is 41.1 Å². The highest BCUT2D eigenvalue weighted by molar-refractivity contribution is 7.14. The first-order valence-corrected chi connectivity index (χ1v) is 9.26. The summed E-state index contributed by atoms with van der Waals surface area (Å²) in [4.78, 5) is 6.86. The summed E-state index contributed by atoms with van der Waals surface area (Å²) in [5, 5.41) is 5.33. The van der Waals surface area contributed by atoms with Crippen molar-refractivity contribution in [3.63, 3.8) is 0 Å². The largest absolute Gasteiger partial charge is 0.473 e. The number of fused-ring (bicyclic) bond motifs is 3. The van der Waals surface area contributed by atoms with E-state index in [1.165, 1.54) is 28.5 Å². The van der Waals surface area contributed by atoms with Crippen molar-refractivity contribution in [1.29, 1.82) is 0 Å². The molecule has 0 N–H and O–H groups in total. The molecule has 1 aliphatic heterocycles. The molecule has 0 radical (unpaired) electrons. The van der Waals surface area contributed by atoms with Crippen LogP contribution in [0.1, 0.15) is 5.56 Å². The first-order chi connectivity index (χ1) is 12.8. The molecule has 0 amide bonds. The minimum absolute atomic E-state index is 0.239. The standard InChI is InChI=1S/C21H15FN2OS/c22-16-8-5-15(6-9-16)19-12-26-21(23-19)24-11-18-17-4-2-1-3-14(17)7-10-20(18)25-13-24/h1-10,12H,11,13H2. The van der Waals surface area contributed by atoms with E-state index >= 15 is 0 Å². The quantitative estimate of drug-likeness (QED) is 0.473. The highest BCUT2D eigenvalue weighted by Gasteiger charge is 2.22. The van der Waals surface area contributed by atoms with E-state index in [1.807, 2.05) is 17.5 Å². The predicted octanol–water partition coefficient (Wildman–Crippen LogP) is 5.46. The van der Waals surface area contributed by atoms with Crippen LogP contribution in [0.25, 0.3) is 22.0 Å². The van der Waals surface area contributed by atoms with Gasteiger partial charge in [-0.1, -0.05) is 30.3 Å². The second-order valence-corrected chi connectivity index (χ2v) is 7.09. The Balaban J connectivity index is 1.48. The van der Waals surface area contributed by atoms with Gasteiger partial charge in [0.05, 0.1) is 12.2 Å². The van der Waals surface area contributed by atoms with E-state index in [9.17, 15) is 4.39 Å². The Hall–Kier alpha value is -2.92. The normalized spacial score (nSPS) is 13.5. The summed E-state index contributed by atoms with van der Waals surface area (Å²) in [6, 6.07) is 18.9. The smallest absolute Gasteiger partial charge is 0.188 e. The van der Waals surface area contributed by atoms with Crippen LogP contribution in [0, 0.1) is 5.82 Å². The topological polar surface area (TPSA) is 25.4 Å². The van der Waals surface area contributed by atoms with Crippen molar-refractivity contribution in [1.82, 2.24) is 4.98 Å². The summed E-state index contributed by atoms with van der Waals surface area (Å²) in [6.07, 6.45) is 0. The van der Waals surface area contributed by atoms with E-state index in [-0.39, 0.29) is 5.82 Å². The molecule has 1 aromatic heterocycles. The first kappa shape index (κ1) is 15.3. The summed E-state index contributed by atoms with van der Waals surface area (Å²) in [5.41, 5.74) is 2.96. The van der Waals surface area contributed by atoms with Crippen LogP contribution in [0.4, 0.5) is 9.52 Å². The van der Waals surface area contributed by atoms with Gasteiger partial charge in [0, 0.05) is 16.5 Å². The highest BCUT2D eigenvalue weighted by Crippen LogP contribution is 2.36. The van der Waals surface area contributed by atoms with E-state index in [1.54, 1.807) is 23.5 Å². The van der Waals surface area contributed by atoms with Crippen LogP contribution in [-0.4, -0.2) is 11.7 Å². The van der Waals surface area contributed by atoms with Crippen molar-refractivity contribution in [2.24, 2.45) is 0 Å². The fourth-order valence-electron chi connectivity index (χ4n) is 3.28. The molecule has 26 heavy (non-hydrogen) atoms. The Kier molecular flexibility index (Phi) is 3.60. The third-order valence-corrected chi connectivity index (χ3v) is 5.53. The van der Waals surface area contributed by atoms with Gasteiger partial charge in [-0.15, -0.1) is 11.3 Å². The van der Waals surface area contributed by atoms with Crippen LogP contribution in [0.15, 0.2) is 66.0 Å². The number of halogens is 1. The van der Waals surface area contributed by atoms with E-state index in [4.69, 9.17) is 9.72 Å². The monoisotopic (exact) mass is 362 g/mol. The number of rotatable bonds is 2. The van der Waals surface area contributed by atoms with Gasteiger partial charge in [0.2, 0.25) is 0 Å². The molecule has 0 fully saturated rings. The number of anilines is 1. The Labute approximate surface area is 154 Å². The molecule has 2 heterocycles. The summed E-state index contributed by atoms with van der Waals surface area (Å²) >= 11 is 1.58. The van der Waals surface area contributed by atoms with Crippen LogP contribution in [0.2, 0.25) is 0 Å². The summed E-state index contributed by atoms with van der Waals surface area (Å²) in [6.45, 7) is 1.23. The SMILES string of the molecule is Fc1ccc(-c2csc(N3COc4ccc5ccccc5c4C3)n2)cc1. The molecular formula is C21H15FN2OS. The maximum absolute atomic E-state index is 13.1. The molecule has 0 unspecified atom stereocenters. The zero-order chi connectivity index (χ0) is 17.5. The fourth-order valence-corrected chi connectivity index (χ4v) is 4.11. The van der Waals surface area contributed by atoms with Crippen LogP contribution in [0.5, 0.6) is 5.75 Å². The van der Waals surface area contributed by atoms with Gasteiger partial charge in [-0.2, -0.15) is 0 Å². The molecule has 0 bridgehead atoms. The molecular weight excluding hydrogens is 347 g/mol. The maximum Gasteiger partial charge on any atom is 0.188 e. The van der Waals surface area contributed by atoms with E-state index in [0.717, 1.165) is 28.7 Å². The van der Waals surface area contributed by atoms with Crippen molar-refractivity contribution in [3.05, 3.63) is 77.4 Å². The van der Waals surface area contributed by atoms with Crippen molar-refractivity contribution in [3.8, 4) is 17.0 Å². The number of thiazole rings is 1. The highest BCUT2D eigenvalue weighted by atomic mass is 32.1. The second kappa shape index (κ2) is 6.11. The van der Waals surface area contributed by atoms with Crippen molar-refractivity contribution in [2.45, 2.75) is 6.54 Å². The number of nitrogens with zero attached hydrogens (tertiary/aromatic N) is 2. The molecule has 0 atom stereocenters. The van der Waals surface area contributed by atoms with Crippen LogP contribution in [0.3, 0.4) is 0 Å². The first-order valence-electron chi connectivity index (χ1n) is 8.38. The number of ether oxygens (including phenoxy) is 1. The van der Waals surface area contributed by atoms with Crippen molar-refractivity contribution in [2.75, 3.05) is 11.6 Å². The maximum atomic E-state index is 13.1. The number of benzene rings is 3. The van der Waals surface area contributed by atoms with Gasteiger partial charge in [0.1, 0.15) is 11.6 Å². The van der Waals surface area contributed by atoms with Gasteiger partial charge in [0.25, 0.3) is 0 Å². The lowest BCUT2D eigenvalue weighted by atomic mass is 10.0. The summed E-state index contributed by atoms with van der Waals surface area (Å²) < 4.78 is 19.1. The summed E-state index contributed by atoms with van der Waals surface area (Å²) in [5.74, 6) is 0.701. The average molecular weight is 362 g/mol. The second-order valence-electron chi connectivity index (χ2n) is 6.26. The lowest BCUT2D eigenvalue weighted by Crippen LogP contribution is -2.31. The van der Waals surface area contributed by atoms with Gasteiger partial charge >= 0.3 is 0 Å². The Morgan fingerprint density at radius 3 is 2.73 bits per heavy atom.